The molecule has 1 aliphatic rings. The number of nitrogens with one attached hydrogen (secondary N) is 1. The summed E-state index contributed by atoms with van der Waals surface area (Å²) < 4.78 is 0. The second-order valence-electron chi connectivity index (χ2n) is 7.29. The smallest absolute Gasteiger partial charge is 0.270 e. The zero-order valence-corrected chi connectivity index (χ0v) is 17.6. The Labute approximate surface area is 175 Å². The lowest BCUT2D eigenvalue weighted by Gasteiger charge is -2.29. The third kappa shape index (κ3) is 5.33. The molecule has 1 heterocycles. The molecule has 3 atom stereocenters. The number of halogens is 2. The fourth-order valence-corrected chi connectivity index (χ4v) is 3.59. The predicted octanol–water partition coefficient (Wildman–Crippen LogP) is 2.62. The van der Waals surface area contributed by atoms with E-state index in [1.807, 2.05) is 20.8 Å². The summed E-state index contributed by atoms with van der Waals surface area (Å²) in [4.78, 5) is 37.6. The summed E-state index contributed by atoms with van der Waals surface area (Å²) >= 11 is 6.02. The van der Waals surface area contributed by atoms with E-state index in [1.54, 1.807) is 4.90 Å². The number of non-ortho nitro benzene ring substituents is 1. The lowest BCUT2D eigenvalue weighted by Crippen LogP contribution is -2.52. The van der Waals surface area contributed by atoms with Gasteiger partial charge in [0.2, 0.25) is 5.91 Å². The van der Waals surface area contributed by atoms with Crippen LogP contribution in [-0.4, -0.2) is 46.8 Å². The van der Waals surface area contributed by atoms with Crippen LogP contribution in [-0.2, 0) is 4.79 Å². The molecule has 3 N–H and O–H groups in total. The zero-order chi connectivity index (χ0) is 20.3. The molecule has 1 saturated heterocycles. The van der Waals surface area contributed by atoms with Crippen LogP contribution < -0.4 is 11.1 Å². The second-order valence-corrected chi connectivity index (χ2v) is 7.70. The fraction of sp³-hybridized carbons (Fsp3) is 0.556. The van der Waals surface area contributed by atoms with Crippen molar-refractivity contribution in [2.24, 2.45) is 17.6 Å². The van der Waals surface area contributed by atoms with Crippen LogP contribution in [0.1, 0.15) is 37.6 Å². The standard InChI is InChI=1S/C18H25ClN4O4.ClH/c1-10(2)16(18(25)22-9-12(8-20)6-11(22)3)21-17(24)14-5-4-13(23(26)27)7-15(14)19;/h4-5,7,10-12,16H,6,8-9,20H2,1-3H3,(H,21,24);1H. The van der Waals surface area contributed by atoms with Gasteiger partial charge < -0.3 is 16.0 Å². The van der Waals surface area contributed by atoms with E-state index in [0.717, 1.165) is 12.5 Å². The van der Waals surface area contributed by atoms with Crippen LogP contribution in [0.2, 0.25) is 5.02 Å². The minimum atomic E-state index is -0.720. The summed E-state index contributed by atoms with van der Waals surface area (Å²) in [5.74, 6) is -0.567. The van der Waals surface area contributed by atoms with Crippen LogP contribution in [0.5, 0.6) is 0 Å². The molecule has 2 amide bonds. The number of likely N-dealkylation sites (tertiary alicyclic amines) is 1. The molecule has 3 unspecified atom stereocenters. The molecule has 10 heteroatoms. The first-order chi connectivity index (χ1) is 12.6. The molecule has 28 heavy (non-hydrogen) atoms. The highest BCUT2D eigenvalue weighted by Gasteiger charge is 2.37. The lowest BCUT2D eigenvalue weighted by molar-refractivity contribution is -0.384. The molecule has 0 aromatic heterocycles. The molecule has 0 spiro atoms. The number of benzene rings is 1. The molecular weight excluding hydrogens is 407 g/mol. The van der Waals surface area contributed by atoms with Crippen molar-refractivity contribution < 1.29 is 14.5 Å². The second kappa shape index (κ2) is 10.0. The molecule has 0 radical (unpaired) electrons. The van der Waals surface area contributed by atoms with Gasteiger partial charge in [0, 0.05) is 24.7 Å². The van der Waals surface area contributed by atoms with Gasteiger partial charge in [-0.2, -0.15) is 0 Å². The van der Waals surface area contributed by atoms with Crippen LogP contribution in [0.15, 0.2) is 18.2 Å². The molecule has 0 aliphatic carbocycles. The van der Waals surface area contributed by atoms with E-state index in [2.05, 4.69) is 5.32 Å². The molecule has 8 nitrogen and oxygen atoms in total. The minimum Gasteiger partial charge on any atom is -0.340 e. The number of rotatable bonds is 6. The van der Waals surface area contributed by atoms with Crippen LogP contribution in [0.4, 0.5) is 5.69 Å². The Bertz CT molecular complexity index is 744. The van der Waals surface area contributed by atoms with Crippen molar-refractivity contribution in [3.63, 3.8) is 0 Å². The van der Waals surface area contributed by atoms with Gasteiger partial charge in [-0.1, -0.05) is 25.4 Å². The van der Waals surface area contributed by atoms with E-state index >= 15 is 0 Å². The minimum absolute atomic E-state index is 0. The molecule has 156 valence electrons. The maximum atomic E-state index is 13.0. The maximum Gasteiger partial charge on any atom is 0.270 e. The lowest BCUT2D eigenvalue weighted by atomic mass is 10.0. The topological polar surface area (TPSA) is 119 Å². The highest BCUT2D eigenvalue weighted by Crippen LogP contribution is 2.25. The Morgan fingerprint density at radius 2 is 2.07 bits per heavy atom. The van der Waals surface area contributed by atoms with Gasteiger partial charge in [-0.25, -0.2) is 0 Å². The zero-order valence-electron chi connectivity index (χ0n) is 16.1. The molecule has 0 bridgehead atoms. The van der Waals surface area contributed by atoms with Gasteiger partial charge >= 0.3 is 0 Å². The molecular formula is C18H26Cl2N4O4. The average molecular weight is 433 g/mol. The summed E-state index contributed by atoms with van der Waals surface area (Å²) in [6.45, 7) is 6.77. The van der Waals surface area contributed by atoms with Crippen molar-refractivity contribution in [3.05, 3.63) is 38.9 Å². The summed E-state index contributed by atoms with van der Waals surface area (Å²) in [6.07, 6.45) is 0.842. The Hall–Kier alpha value is -1.90. The number of hydrogen-bond acceptors (Lipinski definition) is 5. The van der Waals surface area contributed by atoms with E-state index < -0.39 is 16.9 Å². The molecule has 0 saturated carbocycles. The highest BCUT2D eigenvalue weighted by atomic mass is 35.5. The SMILES string of the molecule is CC(C)C(NC(=O)c1ccc([N+](=O)[O-])cc1Cl)C(=O)N1CC(CN)CC1C.Cl. The number of nitro groups is 1. The first-order valence-corrected chi connectivity index (χ1v) is 9.28. The van der Waals surface area contributed by atoms with Crippen molar-refractivity contribution in [1.82, 2.24) is 10.2 Å². The average Bonchev–Trinajstić information content (AvgIpc) is 2.99. The Balaban J connectivity index is 0.00000392. The largest absolute Gasteiger partial charge is 0.340 e. The van der Waals surface area contributed by atoms with Crippen molar-refractivity contribution in [2.45, 2.75) is 39.3 Å². The van der Waals surface area contributed by atoms with Gasteiger partial charge in [-0.05, 0) is 37.8 Å². The summed E-state index contributed by atoms with van der Waals surface area (Å²) in [5.41, 5.74) is 5.62. The van der Waals surface area contributed by atoms with Gasteiger partial charge in [0.15, 0.2) is 0 Å². The predicted molar refractivity (Wildman–Crippen MR) is 110 cm³/mol. The molecule has 1 fully saturated rings. The van der Waals surface area contributed by atoms with Crippen molar-refractivity contribution in [3.8, 4) is 0 Å². The number of carbonyl (C=O) groups excluding carboxylic acids is 2. The first-order valence-electron chi connectivity index (χ1n) is 8.91. The number of nitro benzene ring substituents is 1. The van der Waals surface area contributed by atoms with Crippen LogP contribution in [0.25, 0.3) is 0 Å². The van der Waals surface area contributed by atoms with Crippen molar-refractivity contribution in [1.29, 1.82) is 0 Å². The number of nitrogens with two attached hydrogens (primary N) is 1. The first kappa shape index (κ1) is 24.1. The number of amides is 2. The molecule has 2 rings (SSSR count). The van der Waals surface area contributed by atoms with E-state index in [1.165, 1.54) is 12.1 Å². The van der Waals surface area contributed by atoms with Crippen LogP contribution in [0, 0.1) is 22.0 Å². The Kier molecular flexibility index (Phi) is 8.66. The quantitative estimate of drug-likeness (QED) is 0.528. The number of nitrogens with zero attached hydrogens (tertiary/aromatic N) is 2. The Morgan fingerprint density at radius 3 is 2.54 bits per heavy atom. The van der Waals surface area contributed by atoms with Gasteiger partial charge in [0.05, 0.1) is 15.5 Å². The third-order valence-corrected chi connectivity index (χ3v) is 5.22. The molecule has 1 aliphatic heterocycles. The van der Waals surface area contributed by atoms with Crippen molar-refractivity contribution >= 4 is 41.5 Å². The summed E-state index contributed by atoms with van der Waals surface area (Å²) in [5, 5.41) is 13.5. The number of carbonyl (C=O) groups is 2. The van der Waals surface area contributed by atoms with Gasteiger partial charge in [-0.3, -0.25) is 19.7 Å². The van der Waals surface area contributed by atoms with Crippen molar-refractivity contribution in [2.75, 3.05) is 13.1 Å². The van der Waals surface area contributed by atoms with Crippen LogP contribution >= 0.6 is 24.0 Å². The number of hydrogen-bond donors (Lipinski definition) is 2. The summed E-state index contributed by atoms with van der Waals surface area (Å²) in [6, 6.07) is 2.97. The van der Waals surface area contributed by atoms with Crippen LogP contribution in [0.3, 0.4) is 0 Å². The maximum absolute atomic E-state index is 13.0. The summed E-state index contributed by atoms with van der Waals surface area (Å²) in [7, 11) is 0. The van der Waals surface area contributed by atoms with E-state index in [4.69, 9.17) is 17.3 Å². The molecule has 1 aromatic rings. The molecule has 1 aromatic carbocycles. The third-order valence-electron chi connectivity index (χ3n) is 4.91. The van der Waals surface area contributed by atoms with E-state index in [-0.39, 0.29) is 52.5 Å². The van der Waals surface area contributed by atoms with E-state index in [0.29, 0.717) is 13.1 Å². The normalized spacial score (nSPS) is 19.9. The van der Waals surface area contributed by atoms with Gasteiger partial charge in [0.1, 0.15) is 6.04 Å². The monoisotopic (exact) mass is 432 g/mol. The van der Waals surface area contributed by atoms with Gasteiger partial charge in [0.25, 0.3) is 11.6 Å². The fourth-order valence-electron chi connectivity index (χ4n) is 3.33. The van der Waals surface area contributed by atoms with Gasteiger partial charge in [-0.15, -0.1) is 12.4 Å². The van der Waals surface area contributed by atoms with E-state index in [9.17, 15) is 19.7 Å². The highest BCUT2D eigenvalue weighted by molar-refractivity contribution is 6.34. The Morgan fingerprint density at radius 1 is 1.43 bits per heavy atom.